The number of rotatable bonds is 7. The van der Waals surface area contributed by atoms with Gasteiger partial charge in [0, 0.05) is 17.7 Å². The van der Waals surface area contributed by atoms with Crippen molar-refractivity contribution in [3.8, 4) is 0 Å². The number of aromatic nitrogens is 1. The number of amides is 2. The molecule has 1 aromatic heterocycles. The number of primary amides is 1. The maximum absolute atomic E-state index is 12.4. The van der Waals surface area contributed by atoms with Gasteiger partial charge in [0.15, 0.2) is 0 Å². The van der Waals surface area contributed by atoms with Gasteiger partial charge in [0.05, 0.1) is 23.8 Å². The quantitative estimate of drug-likeness (QED) is 0.772. The zero-order valence-electron chi connectivity index (χ0n) is 14.7. The van der Waals surface area contributed by atoms with Crippen molar-refractivity contribution in [1.82, 2.24) is 15.2 Å². The number of nitrogens with zero attached hydrogens (tertiary/aromatic N) is 2. The molecule has 26 heavy (non-hydrogen) atoms. The molecule has 0 bridgehead atoms. The monoisotopic (exact) mass is 372 g/mol. The second-order valence-corrected chi connectivity index (χ2v) is 7.57. The molecule has 2 heterocycles. The molecule has 138 valence electrons. The van der Waals surface area contributed by atoms with Crippen LogP contribution in [0.15, 0.2) is 35.7 Å². The topological polar surface area (TPSA) is 88.3 Å². The molecule has 7 heteroatoms. The van der Waals surface area contributed by atoms with Crippen molar-refractivity contribution in [3.63, 3.8) is 0 Å². The maximum atomic E-state index is 12.4. The van der Waals surface area contributed by atoms with Crippen molar-refractivity contribution in [3.05, 3.63) is 52.0 Å². The fourth-order valence-electron chi connectivity index (χ4n) is 3.18. The van der Waals surface area contributed by atoms with Crippen LogP contribution in [0.1, 0.15) is 29.1 Å². The summed E-state index contributed by atoms with van der Waals surface area (Å²) in [4.78, 5) is 29.9. The molecule has 1 aromatic carbocycles. The summed E-state index contributed by atoms with van der Waals surface area (Å²) < 4.78 is 0. The number of nitrogens with one attached hydrogen (secondary N) is 1. The van der Waals surface area contributed by atoms with E-state index in [4.69, 9.17) is 5.73 Å². The number of hydrogen-bond acceptors (Lipinski definition) is 5. The lowest BCUT2D eigenvalue weighted by molar-refractivity contribution is -0.126. The van der Waals surface area contributed by atoms with Crippen LogP contribution in [0.5, 0.6) is 0 Å². The zero-order chi connectivity index (χ0) is 18.4. The number of piperidine rings is 1. The van der Waals surface area contributed by atoms with Crippen LogP contribution in [0.2, 0.25) is 0 Å². The van der Waals surface area contributed by atoms with Gasteiger partial charge in [0.2, 0.25) is 11.8 Å². The minimum Gasteiger partial charge on any atom is -0.369 e. The van der Waals surface area contributed by atoms with E-state index in [0.717, 1.165) is 43.1 Å². The Morgan fingerprint density at radius 2 is 1.96 bits per heavy atom. The summed E-state index contributed by atoms with van der Waals surface area (Å²) in [5.74, 6) is -0.245. The van der Waals surface area contributed by atoms with Gasteiger partial charge in [-0.1, -0.05) is 30.3 Å². The minimum absolute atomic E-state index is 0.00144. The molecule has 1 fully saturated rings. The van der Waals surface area contributed by atoms with Crippen LogP contribution >= 0.6 is 11.3 Å². The van der Waals surface area contributed by atoms with Gasteiger partial charge in [-0.25, -0.2) is 4.98 Å². The third kappa shape index (κ3) is 5.37. The van der Waals surface area contributed by atoms with Gasteiger partial charge in [-0.15, -0.1) is 11.3 Å². The molecular weight excluding hydrogens is 348 g/mol. The van der Waals surface area contributed by atoms with E-state index >= 15 is 0 Å². The highest BCUT2D eigenvalue weighted by molar-refractivity contribution is 7.09. The maximum Gasteiger partial charge on any atom is 0.231 e. The van der Waals surface area contributed by atoms with Crippen molar-refractivity contribution >= 4 is 23.2 Å². The molecule has 3 rings (SSSR count). The van der Waals surface area contributed by atoms with Crippen LogP contribution in [-0.4, -0.2) is 41.3 Å². The third-order valence-corrected chi connectivity index (χ3v) is 5.48. The molecule has 1 aliphatic heterocycles. The molecule has 0 unspecified atom stereocenters. The first-order valence-electron chi connectivity index (χ1n) is 8.85. The van der Waals surface area contributed by atoms with Crippen LogP contribution < -0.4 is 11.1 Å². The summed E-state index contributed by atoms with van der Waals surface area (Å²) >= 11 is 1.62. The Hall–Kier alpha value is -2.25. The molecule has 1 aliphatic rings. The Bertz CT molecular complexity index is 739. The van der Waals surface area contributed by atoms with Crippen LogP contribution in [0, 0.1) is 5.92 Å². The number of benzene rings is 1. The van der Waals surface area contributed by atoms with Gasteiger partial charge in [-0.05, 0) is 31.5 Å². The number of hydrogen-bond donors (Lipinski definition) is 2. The number of likely N-dealkylation sites (tertiary alicyclic amines) is 1. The van der Waals surface area contributed by atoms with E-state index in [2.05, 4.69) is 22.4 Å². The summed E-state index contributed by atoms with van der Waals surface area (Å²) in [5.41, 5.74) is 7.35. The molecule has 1 saturated heterocycles. The van der Waals surface area contributed by atoms with Crippen molar-refractivity contribution in [2.24, 2.45) is 11.7 Å². The van der Waals surface area contributed by atoms with Gasteiger partial charge >= 0.3 is 0 Å². The van der Waals surface area contributed by atoms with Crippen molar-refractivity contribution < 1.29 is 9.59 Å². The second kappa shape index (κ2) is 8.91. The summed E-state index contributed by atoms with van der Waals surface area (Å²) in [7, 11) is 0. The number of nitrogens with two attached hydrogens (primary N) is 1. The lowest BCUT2D eigenvalue weighted by atomic mass is 9.96. The smallest absolute Gasteiger partial charge is 0.231 e. The third-order valence-electron chi connectivity index (χ3n) is 4.58. The lowest BCUT2D eigenvalue weighted by Crippen LogP contribution is -2.43. The van der Waals surface area contributed by atoms with Crippen LogP contribution in [0.3, 0.4) is 0 Å². The molecule has 0 spiro atoms. The van der Waals surface area contributed by atoms with E-state index in [1.807, 2.05) is 28.5 Å². The highest BCUT2D eigenvalue weighted by Gasteiger charge is 2.25. The summed E-state index contributed by atoms with van der Waals surface area (Å²) in [6.45, 7) is 2.21. The SMILES string of the molecule is NC(=O)CN1CCC(C(=O)NCc2csc(Cc3ccccc3)n2)CC1. The van der Waals surface area contributed by atoms with E-state index in [9.17, 15) is 9.59 Å². The zero-order valence-corrected chi connectivity index (χ0v) is 15.5. The van der Waals surface area contributed by atoms with Crippen LogP contribution in [0.25, 0.3) is 0 Å². The summed E-state index contributed by atoms with van der Waals surface area (Å²) in [5, 5.41) is 6.06. The normalized spacial score (nSPS) is 15.7. The van der Waals surface area contributed by atoms with Crippen molar-refractivity contribution in [2.75, 3.05) is 19.6 Å². The molecule has 0 saturated carbocycles. The molecule has 0 atom stereocenters. The summed E-state index contributed by atoms with van der Waals surface area (Å²) in [6.07, 6.45) is 2.34. The number of carbonyl (C=O) groups excluding carboxylic acids is 2. The average molecular weight is 372 g/mol. The van der Waals surface area contributed by atoms with Gasteiger partial charge in [0.1, 0.15) is 0 Å². The average Bonchev–Trinajstić information content (AvgIpc) is 3.08. The van der Waals surface area contributed by atoms with Crippen molar-refractivity contribution in [1.29, 1.82) is 0 Å². The Kier molecular flexibility index (Phi) is 6.35. The van der Waals surface area contributed by atoms with Gasteiger partial charge in [0.25, 0.3) is 0 Å². The molecule has 3 N–H and O–H groups in total. The van der Waals surface area contributed by atoms with E-state index in [-0.39, 0.29) is 24.3 Å². The minimum atomic E-state index is -0.317. The van der Waals surface area contributed by atoms with E-state index in [0.29, 0.717) is 6.54 Å². The van der Waals surface area contributed by atoms with Gasteiger partial charge in [-0.3, -0.25) is 14.5 Å². The molecule has 2 aromatic rings. The Morgan fingerprint density at radius 3 is 2.65 bits per heavy atom. The molecule has 2 amide bonds. The molecule has 0 aliphatic carbocycles. The van der Waals surface area contributed by atoms with Gasteiger partial charge in [-0.2, -0.15) is 0 Å². The first-order chi connectivity index (χ1) is 12.6. The highest BCUT2D eigenvalue weighted by atomic mass is 32.1. The van der Waals surface area contributed by atoms with Gasteiger partial charge < -0.3 is 11.1 Å². The lowest BCUT2D eigenvalue weighted by Gasteiger charge is -2.30. The Morgan fingerprint density at radius 1 is 1.23 bits per heavy atom. The fourth-order valence-corrected chi connectivity index (χ4v) is 4.01. The largest absolute Gasteiger partial charge is 0.369 e. The Balaban J connectivity index is 1.43. The predicted octanol–water partition coefficient (Wildman–Crippen LogP) is 1.55. The molecule has 6 nitrogen and oxygen atoms in total. The number of thiazole rings is 1. The Labute approximate surface area is 157 Å². The van der Waals surface area contributed by atoms with Crippen molar-refractivity contribution in [2.45, 2.75) is 25.8 Å². The van der Waals surface area contributed by atoms with E-state index in [1.165, 1.54) is 5.56 Å². The first-order valence-corrected chi connectivity index (χ1v) is 9.73. The highest BCUT2D eigenvalue weighted by Crippen LogP contribution is 2.18. The van der Waals surface area contributed by atoms with E-state index < -0.39 is 0 Å². The predicted molar refractivity (Wildman–Crippen MR) is 102 cm³/mol. The molecular formula is C19H24N4O2S. The fraction of sp³-hybridized carbons (Fsp3) is 0.421. The second-order valence-electron chi connectivity index (χ2n) is 6.63. The number of carbonyl (C=O) groups is 2. The standard InChI is InChI=1S/C19H24N4O2S/c20-17(24)12-23-8-6-15(7-9-23)19(25)21-11-16-13-26-18(22-16)10-14-4-2-1-3-5-14/h1-5,13,15H,6-12H2,(H2,20,24)(H,21,25). The first kappa shape index (κ1) is 18.5. The van der Waals surface area contributed by atoms with E-state index in [1.54, 1.807) is 11.3 Å². The molecule has 0 radical (unpaired) electrons. The van der Waals surface area contributed by atoms with Crippen LogP contribution in [0.4, 0.5) is 0 Å². The van der Waals surface area contributed by atoms with Crippen LogP contribution in [-0.2, 0) is 22.6 Å². The summed E-state index contributed by atoms with van der Waals surface area (Å²) in [6, 6.07) is 10.2.